The molecule has 1 aliphatic carbocycles. The van der Waals surface area contributed by atoms with Gasteiger partial charge in [-0.1, -0.05) is 0 Å². The summed E-state index contributed by atoms with van der Waals surface area (Å²) in [6.45, 7) is 1.85. The van der Waals surface area contributed by atoms with Gasteiger partial charge in [-0.2, -0.15) is 0 Å². The Morgan fingerprint density at radius 1 is 1.50 bits per heavy atom. The normalized spacial score (nSPS) is 45.9. The minimum atomic E-state index is 0.577. The van der Waals surface area contributed by atoms with E-state index in [4.69, 9.17) is 10.5 Å². The van der Waals surface area contributed by atoms with Crippen molar-refractivity contribution in [3.63, 3.8) is 0 Å². The molecule has 58 valence electrons. The minimum Gasteiger partial charge on any atom is -0.378 e. The van der Waals surface area contributed by atoms with E-state index in [9.17, 15) is 0 Å². The summed E-state index contributed by atoms with van der Waals surface area (Å²) in [5.41, 5.74) is 5.54. The molecule has 0 unspecified atom stereocenters. The van der Waals surface area contributed by atoms with E-state index in [1.165, 1.54) is 19.3 Å². The highest BCUT2D eigenvalue weighted by Crippen LogP contribution is 2.44. The lowest BCUT2D eigenvalue weighted by Gasteiger charge is -2.06. The largest absolute Gasteiger partial charge is 0.378 e. The summed E-state index contributed by atoms with van der Waals surface area (Å²) in [7, 11) is 0. The van der Waals surface area contributed by atoms with E-state index in [1.54, 1.807) is 0 Å². The quantitative estimate of drug-likeness (QED) is 0.616. The average molecular weight is 141 g/mol. The Balaban J connectivity index is 1.79. The second-order valence-electron chi connectivity index (χ2n) is 3.45. The van der Waals surface area contributed by atoms with Crippen LogP contribution >= 0.6 is 0 Å². The molecule has 2 fully saturated rings. The molecule has 0 aromatic rings. The van der Waals surface area contributed by atoms with Gasteiger partial charge in [0.25, 0.3) is 0 Å². The molecule has 2 rings (SSSR count). The molecule has 2 nitrogen and oxygen atoms in total. The summed E-state index contributed by atoms with van der Waals surface area (Å²) < 4.78 is 5.55. The van der Waals surface area contributed by atoms with E-state index in [0.29, 0.717) is 6.10 Å². The smallest absolute Gasteiger partial charge is 0.0607 e. The molecule has 3 atom stereocenters. The molecular weight excluding hydrogens is 126 g/mol. The van der Waals surface area contributed by atoms with Crippen LogP contribution < -0.4 is 5.73 Å². The molecule has 1 heterocycles. The molecule has 2 aliphatic rings. The van der Waals surface area contributed by atoms with Gasteiger partial charge in [-0.05, 0) is 37.6 Å². The van der Waals surface area contributed by atoms with E-state index in [2.05, 4.69) is 0 Å². The fraction of sp³-hybridized carbons (Fsp3) is 1.00. The van der Waals surface area contributed by atoms with Gasteiger partial charge in [0.15, 0.2) is 0 Å². The minimum absolute atomic E-state index is 0.577. The van der Waals surface area contributed by atoms with Crippen molar-refractivity contribution in [3.05, 3.63) is 0 Å². The van der Waals surface area contributed by atoms with Crippen molar-refractivity contribution in [2.45, 2.75) is 25.4 Å². The van der Waals surface area contributed by atoms with Crippen molar-refractivity contribution in [3.8, 4) is 0 Å². The zero-order valence-corrected chi connectivity index (χ0v) is 6.25. The lowest BCUT2D eigenvalue weighted by atomic mass is 10.1. The van der Waals surface area contributed by atoms with Crippen molar-refractivity contribution in [2.75, 3.05) is 13.2 Å². The van der Waals surface area contributed by atoms with Gasteiger partial charge in [0.2, 0.25) is 0 Å². The maximum absolute atomic E-state index is 5.55. The van der Waals surface area contributed by atoms with Crippen LogP contribution in [-0.4, -0.2) is 19.3 Å². The van der Waals surface area contributed by atoms with E-state index in [1.807, 2.05) is 0 Å². The SMILES string of the molecule is NC[C@@H]1C[C@@H]1[C@H]1CCCO1. The van der Waals surface area contributed by atoms with Crippen LogP contribution in [0.5, 0.6) is 0 Å². The Morgan fingerprint density at radius 2 is 2.40 bits per heavy atom. The van der Waals surface area contributed by atoms with Crippen molar-refractivity contribution < 1.29 is 4.74 Å². The lowest BCUT2D eigenvalue weighted by molar-refractivity contribution is 0.0900. The third-order valence-corrected chi connectivity index (χ3v) is 2.72. The highest BCUT2D eigenvalue weighted by atomic mass is 16.5. The summed E-state index contributed by atoms with van der Waals surface area (Å²) >= 11 is 0. The number of ether oxygens (including phenoxy) is 1. The van der Waals surface area contributed by atoms with Crippen LogP contribution in [0.25, 0.3) is 0 Å². The van der Waals surface area contributed by atoms with Crippen LogP contribution in [0.15, 0.2) is 0 Å². The van der Waals surface area contributed by atoms with Gasteiger partial charge in [-0.3, -0.25) is 0 Å². The molecule has 1 saturated carbocycles. The van der Waals surface area contributed by atoms with Gasteiger partial charge in [0, 0.05) is 6.61 Å². The van der Waals surface area contributed by atoms with E-state index in [-0.39, 0.29) is 0 Å². The third kappa shape index (κ3) is 1.06. The summed E-state index contributed by atoms with van der Waals surface area (Å²) in [5.74, 6) is 1.62. The van der Waals surface area contributed by atoms with Crippen molar-refractivity contribution >= 4 is 0 Å². The molecule has 0 aromatic heterocycles. The topological polar surface area (TPSA) is 35.2 Å². The van der Waals surface area contributed by atoms with Crippen LogP contribution in [0.2, 0.25) is 0 Å². The summed E-state index contributed by atoms with van der Waals surface area (Å²) in [4.78, 5) is 0. The molecule has 0 radical (unpaired) electrons. The fourth-order valence-corrected chi connectivity index (χ4v) is 1.94. The van der Waals surface area contributed by atoms with Crippen molar-refractivity contribution in [1.82, 2.24) is 0 Å². The van der Waals surface area contributed by atoms with E-state index >= 15 is 0 Å². The predicted octanol–water partition coefficient (Wildman–Crippen LogP) is 0.760. The first-order chi connectivity index (χ1) is 4.92. The zero-order valence-electron chi connectivity index (χ0n) is 6.25. The molecule has 10 heavy (non-hydrogen) atoms. The van der Waals surface area contributed by atoms with Gasteiger partial charge in [0.1, 0.15) is 0 Å². The summed E-state index contributed by atoms with van der Waals surface area (Å²) in [5, 5.41) is 0. The Hall–Kier alpha value is -0.0800. The van der Waals surface area contributed by atoms with Gasteiger partial charge in [-0.15, -0.1) is 0 Å². The van der Waals surface area contributed by atoms with E-state index in [0.717, 1.165) is 25.0 Å². The fourth-order valence-electron chi connectivity index (χ4n) is 1.94. The predicted molar refractivity (Wildman–Crippen MR) is 39.6 cm³/mol. The van der Waals surface area contributed by atoms with Crippen LogP contribution in [-0.2, 0) is 4.74 Å². The molecule has 1 saturated heterocycles. The van der Waals surface area contributed by atoms with Gasteiger partial charge in [0.05, 0.1) is 6.10 Å². The average Bonchev–Trinajstić information content (AvgIpc) is 2.56. The second-order valence-corrected chi connectivity index (χ2v) is 3.45. The third-order valence-electron chi connectivity index (χ3n) is 2.72. The first-order valence-electron chi connectivity index (χ1n) is 4.23. The van der Waals surface area contributed by atoms with Crippen LogP contribution in [0.4, 0.5) is 0 Å². The Morgan fingerprint density at radius 3 is 2.90 bits per heavy atom. The van der Waals surface area contributed by atoms with Crippen LogP contribution in [0, 0.1) is 11.8 Å². The highest BCUT2D eigenvalue weighted by Gasteiger charge is 2.43. The van der Waals surface area contributed by atoms with Gasteiger partial charge >= 0.3 is 0 Å². The molecule has 0 aromatic carbocycles. The molecule has 2 heteroatoms. The maximum Gasteiger partial charge on any atom is 0.0607 e. The zero-order chi connectivity index (χ0) is 6.97. The lowest BCUT2D eigenvalue weighted by Crippen LogP contribution is -2.12. The van der Waals surface area contributed by atoms with Crippen molar-refractivity contribution in [2.24, 2.45) is 17.6 Å². The molecule has 0 spiro atoms. The Labute approximate surface area is 61.7 Å². The Bertz CT molecular complexity index is 120. The molecule has 2 N–H and O–H groups in total. The molecular formula is C8H15NO. The Kier molecular flexibility index (Phi) is 1.66. The van der Waals surface area contributed by atoms with Gasteiger partial charge < -0.3 is 10.5 Å². The number of nitrogens with two attached hydrogens (primary N) is 1. The van der Waals surface area contributed by atoms with Crippen LogP contribution in [0.3, 0.4) is 0 Å². The highest BCUT2D eigenvalue weighted by molar-refractivity contribution is 4.93. The summed E-state index contributed by atoms with van der Waals surface area (Å²) in [6, 6.07) is 0. The second kappa shape index (κ2) is 2.51. The maximum atomic E-state index is 5.55. The summed E-state index contributed by atoms with van der Waals surface area (Å²) in [6.07, 6.45) is 4.44. The van der Waals surface area contributed by atoms with Crippen molar-refractivity contribution in [1.29, 1.82) is 0 Å². The first-order valence-corrected chi connectivity index (χ1v) is 4.23. The first kappa shape index (κ1) is 6.62. The van der Waals surface area contributed by atoms with Gasteiger partial charge in [-0.25, -0.2) is 0 Å². The number of hydrogen-bond acceptors (Lipinski definition) is 2. The number of hydrogen-bond donors (Lipinski definition) is 1. The molecule has 0 amide bonds. The monoisotopic (exact) mass is 141 g/mol. The number of rotatable bonds is 2. The molecule has 1 aliphatic heterocycles. The molecule has 0 bridgehead atoms. The van der Waals surface area contributed by atoms with E-state index < -0.39 is 0 Å². The van der Waals surface area contributed by atoms with Crippen LogP contribution in [0.1, 0.15) is 19.3 Å². The standard InChI is InChI=1S/C8H15NO/c9-5-6-4-7(6)8-2-1-3-10-8/h6-8H,1-5,9H2/t6-,7-,8+/m0/s1.